The summed E-state index contributed by atoms with van der Waals surface area (Å²) in [6.07, 6.45) is 4.98. The van der Waals surface area contributed by atoms with Crippen LogP contribution in [0.4, 0.5) is 0 Å². The quantitative estimate of drug-likeness (QED) is 0.826. The number of ether oxygens (including phenoxy) is 1. The molecule has 0 bridgehead atoms. The summed E-state index contributed by atoms with van der Waals surface area (Å²) in [7, 11) is 2.02. The summed E-state index contributed by atoms with van der Waals surface area (Å²) in [5.74, 6) is 1.66. The molecule has 2 unspecified atom stereocenters. The van der Waals surface area contributed by atoms with E-state index in [0.717, 1.165) is 32.0 Å². The van der Waals surface area contributed by atoms with Gasteiger partial charge in [0, 0.05) is 25.6 Å². The maximum Gasteiger partial charge on any atom is 0.138 e. The zero-order valence-corrected chi connectivity index (χ0v) is 10.7. The molecule has 0 aliphatic carbocycles. The van der Waals surface area contributed by atoms with Crippen molar-refractivity contribution >= 4 is 0 Å². The van der Waals surface area contributed by atoms with Crippen molar-refractivity contribution < 1.29 is 4.74 Å². The van der Waals surface area contributed by atoms with Gasteiger partial charge in [-0.05, 0) is 32.7 Å². The van der Waals surface area contributed by atoms with Crippen molar-refractivity contribution in [3.63, 3.8) is 0 Å². The van der Waals surface area contributed by atoms with Crippen LogP contribution in [-0.4, -0.2) is 41.1 Å². The molecular formula is C12H22N4O. The molecule has 0 aromatic carbocycles. The first-order chi connectivity index (χ1) is 8.35. The van der Waals surface area contributed by atoms with Gasteiger partial charge in [0.25, 0.3) is 0 Å². The van der Waals surface area contributed by atoms with Crippen molar-refractivity contribution in [1.82, 2.24) is 20.1 Å². The number of aromatic nitrogens is 3. The number of likely N-dealkylation sites (N-methyl/N-ethyl adjacent to an activating group) is 1. The van der Waals surface area contributed by atoms with Gasteiger partial charge >= 0.3 is 0 Å². The summed E-state index contributed by atoms with van der Waals surface area (Å²) in [4.78, 5) is 4.34. The zero-order valence-electron chi connectivity index (χ0n) is 10.7. The van der Waals surface area contributed by atoms with E-state index in [0.29, 0.717) is 12.0 Å². The van der Waals surface area contributed by atoms with Gasteiger partial charge in [0.1, 0.15) is 12.2 Å². The van der Waals surface area contributed by atoms with Gasteiger partial charge < -0.3 is 10.1 Å². The largest absolute Gasteiger partial charge is 0.381 e. The van der Waals surface area contributed by atoms with Crippen LogP contribution in [-0.2, 0) is 17.7 Å². The Balaban J connectivity index is 1.98. The molecule has 1 aliphatic rings. The van der Waals surface area contributed by atoms with Gasteiger partial charge in [-0.3, -0.25) is 4.68 Å². The standard InChI is InChI=1S/C12H22N4O/c1-3-16-12(14-9-15-16)7-11(13-2)10-5-4-6-17-8-10/h9-11,13H,3-8H2,1-2H3. The SMILES string of the molecule is CCn1ncnc1CC(NC)C1CCCOC1. The van der Waals surface area contributed by atoms with E-state index in [9.17, 15) is 0 Å². The van der Waals surface area contributed by atoms with Crippen LogP contribution >= 0.6 is 0 Å². The molecule has 1 N–H and O–H groups in total. The van der Waals surface area contributed by atoms with Crippen molar-refractivity contribution in [2.75, 3.05) is 20.3 Å². The van der Waals surface area contributed by atoms with Crippen LogP contribution in [0.1, 0.15) is 25.6 Å². The highest BCUT2D eigenvalue weighted by atomic mass is 16.5. The van der Waals surface area contributed by atoms with Gasteiger partial charge in [-0.25, -0.2) is 4.98 Å². The highest BCUT2D eigenvalue weighted by Crippen LogP contribution is 2.19. The fraction of sp³-hybridized carbons (Fsp3) is 0.833. The minimum Gasteiger partial charge on any atom is -0.381 e. The molecule has 1 aromatic rings. The lowest BCUT2D eigenvalue weighted by Gasteiger charge is -2.29. The number of nitrogens with one attached hydrogen (secondary N) is 1. The van der Waals surface area contributed by atoms with E-state index in [1.54, 1.807) is 6.33 Å². The Morgan fingerprint density at radius 3 is 3.18 bits per heavy atom. The topological polar surface area (TPSA) is 52.0 Å². The van der Waals surface area contributed by atoms with E-state index in [-0.39, 0.29) is 0 Å². The van der Waals surface area contributed by atoms with Gasteiger partial charge in [0.05, 0.1) is 6.61 Å². The predicted molar refractivity (Wildman–Crippen MR) is 65.8 cm³/mol. The second kappa shape index (κ2) is 6.12. The molecule has 1 fully saturated rings. The summed E-state index contributed by atoms with van der Waals surface area (Å²) >= 11 is 0. The molecule has 2 heterocycles. The van der Waals surface area contributed by atoms with Gasteiger partial charge in [0.15, 0.2) is 0 Å². The second-order valence-electron chi connectivity index (χ2n) is 4.57. The number of hydrogen-bond acceptors (Lipinski definition) is 4. The van der Waals surface area contributed by atoms with Crippen molar-refractivity contribution in [2.24, 2.45) is 5.92 Å². The van der Waals surface area contributed by atoms with Crippen LogP contribution in [0.2, 0.25) is 0 Å². The lowest BCUT2D eigenvalue weighted by atomic mass is 9.91. The van der Waals surface area contributed by atoms with E-state index in [2.05, 4.69) is 22.3 Å². The molecule has 5 heteroatoms. The average Bonchev–Trinajstić information content (AvgIpc) is 2.84. The highest BCUT2D eigenvalue weighted by Gasteiger charge is 2.24. The van der Waals surface area contributed by atoms with Gasteiger partial charge in [-0.1, -0.05) is 0 Å². The van der Waals surface area contributed by atoms with E-state index in [4.69, 9.17) is 4.74 Å². The minimum atomic E-state index is 0.435. The molecule has 1 saturated heterocycles. The third kappa shape index (κ3) is 3.04. The first-order valence-corrected chi connectivity index (χ1v) is 6.46. The van der Waals surface area contributed by atoms with E-state index in [1.807, 2.05) is 11.7 Å². The highest BCUT2D eigenvalue weighted by molar-refractivity contribution is 4.92. The van der Waals surface area contributed by atoms with E-state index >= 15 is 0 Å². The molecule has 1 aliphatic heterocycles. The Labute approximate surface area is 103 Å². The van der Waals surface area contributed by atoms with Crippen LogP contribution in [0.25, 0.3) is 0 Å². The summed E-state index contributed by atoms with van der Waals surface area (Å²) in [5, 5.41) is 7.61. The Morgan fingerprint density at radius 2 is 2.53 bits per heavy atom. The first-order valence-electron chi connectivity index (χ1n) is 6.46. The molecule has 5 nitrogen and oxygen atoms in total. The van der Waals surface area contributed by atoms with Crippen molar-refractivity contribution in [3.8, 4) is 0 Å². The predicted octanol–water partition coefficient (Wildman–Crippen LogP) is 0.855. The zero-order chi connectivity index (χ0) is 12.1. The fourth-order valence-corrected chi connectivity index (χ4v) is 2.49. The molecule has 2 atom stereocenters. The third-order valence-electron chi connectivity index (χ3n) is 3.53. The molecule has 1 aromatic heterocycles. The summed E-state index contributed by atoms with van der Waals surface area (Å²) < 4.78 is 7.52. The monoisotopic (exact) mass is 238 g/mol. The average molecular weight is 238 g/mol. The molecule has 0 radical (unpaired) electrons. The van der Waals surface area contributed by atoms with Crippen LogP contribution < -0.4 is 5.32 Å². The smallest absolute Gasteiger partial charge is 0.138 e. The number of hydrogen-bond donors (Lipinski definition) is 1. The maximum absolute atomic E-state index is 5.56. The van der Waals surface area contributed by atoms with Gasteiger partial charge in [-0.15, -0.1) is 0 Å². The first kappa shape index (κ1) is 12.5. The molecule has 0 spiro atoms. The summed E-state index contributed by atoms with van der Waals surface area (Å²) in [5.41, 5.74) is 0. The lowest BCUT2D eigenvalue weighted by Crippen LogP contribution is -2.40. The Kier molecular flexibility index (Phi) is 4.50. The minimum absolute atomic E-state index is 0.435. The normalized spacial score (nSPS) is 22.6. The van der Waals surface area contributed by atoms with Crippen molar-refractivity contribution in [3.05, 3.63) is 12.2 Å². The van der Waals surface area contributed by atoms with Crippen molar-refractivity contribution in [2.45, 2.75) is 38.8 Å². The fourth-order valence-electron chi connectivity index (χ4n) is 2.49. The van der Waals surface area contributed by atoms with E-state index < -0.39 is 0 Å². The van der Waals surface area contributed by atoms with Crippen LogP contribution in [0.3, 0.4) is 0 Å². The summed E-state index contributed by atoms with van der Waals surface area (Å²) in [6, 6.07) is 0.435. The molecule has 2 rings (SSSR count). The molecule has 0 amide bonds. The second-order valence-corrected chi connectivity index (χ2v) is 4.57. The van der Waals surface area contributed by atoms with Crippen LogP contribution in [0.15, 0.2) is 6.33 Å². The Hall–Kier alpha value is -0.940. The third-order valence-corrected chi connectivity index (χ3v) is 3.53. The maximum atomic E-state index is 5.56. The Morgan fingerprint density at radius 1 is 1.65 bits per heavy atom. The number of aryl methyl sites for hydroxylation is 1. The van der Waals surface area contributed by atoms with Crippen molar-refractivity contribution in [1.29, 1.82) is 0 Å². The number of nitrogens with zero attached hydrogens (tertiary/aromatic N) is 3. The van der Waals surface area contributed by atoms with Crippen LogP contribution in [0, 0.1) is 5.92 Å². The van der Waals surface area contributed by atoms with E-state index in [1.165, 1.54) is 12.8 Å². The Bertz CT molecular complexity index is 333. The molecule has 17 heavy (non-hydrogen) atoms. The summed E-state index contributed by atoms with van der Waals surface area (Å²) in [6.45, 7) is 4.76. The molecule has 96 valence electrons. The molecular weight excluding hydrogens is 216 g/mol. The van der Waals surface area contributed by atoms with Crippen LogP contribution in [0.5, 0.6) is 0 Å². The molecule has 0 saturated carbocycles. The number of rotatable bonds is 5. The lowest BCUT2D eigenvalue weighted by molar-refractivity contribution is 0.0400. The van der Waals surface area contributed by atoms with Gasteiger partial charge in [-0.2, -0.15) is 5.10 Å². The van der Waals surface area contributed by atoms with Gasteiger partial charge in [0.2, 0.25) is 0 Å².